The van der Waals surface area contributed by atoms with Crippen LogP contribution in [0.2, 0.25) is 0 Å². The van der Waals surface area contributed by atoms with Gasteiger partial charge < -0.3 is 10.2 Å². The van der Waals surface area contributed by atoms with E-state index in [2.05, 4.69) is 39.2 Å². The van der Waals surface area contributed by atoms with Crippen LogP contribution in [0.5, 0.6) is 0 Å². The molecule has 5 heteroatoms. The molecule has 0 radical (unpaired) electrons. The summed E-state index contributed by atoms with van der Waals surface area (Å²) in [6, 6.07) is 4.21. The Kier molecular flexibility index (Phi) is 4.93. The van der Waals surface area contributed by atoms with Crippen LogP contribution in [-0.2, 0) is 4.79 Å². The number of nitrogens with zero attached hydrogens (tertiary/aromatic N) is 3. The zero-order valence-electron chi connectivity index (χ0n) is 13.4. The summed E-state index contributed by atoms with van der Waals surface area (Å²) in [7, 11) is 0. The number of hydrogen-bond acceptors (Lipinski definition) is 4. The highest BCUT2D eigenvalue weighted by Crippen LogP contribution is 2.24. The molecule has 1 amide bonds. The van der Waals surface area contributed by atoms with Crippen LogP contribution in [0.25, 0.3) is 0 Å². The zero-order valence-corrected chi connectivity index (χ0v) is 13.4. The van der Waals surface area contributed by atoms with Crippen LogP contribution in [0.1, 0.15) is 50.8 Å². The van der Waals surface area contributed by atoms with Gasteiger partial charge >= 0.3 is 0 Å². The molecular weight excluding hydrogens is 276 g/mol. The summed E-state index contributed by atoms with van der Waals surface area (Å²) < 4.78 is 0. The lowest BCUT2D eigenvalue weighted by Gasteiger charge is -2.24. The molecule has 2 fully saturated rings. The first kappa shape index (κ1) is 15.3. The Labute approximate surface area is 132 Å². The number of nitrogens with one attached hydrogen (secondary N) is 1. The molecule has 0 aromatic carbocycles. The molecule has 1 aromatic rings. The largest absolute Gasteiger partial charge is 0.357 e. The van der Waals surface area contributed by atoms with Crippen molar-refractivity contribution in [2.24, 2.45) is 0 Å². The summed E-state index contributed by atoms with van der Waals surface area (Å²) in [6.07, 6.45) is 7.98. The van der Waals surface area contributed by atoms with E-state index in [9.17, 15) is 4.79 Å². The van der Waals surface area contributed by atoms with Gasteiger partial charge in [0.25, 0.3) is 0 Å². The van der Waals surface area contributed by atoms with Crippen LogP contribution in [0, 0.1) is 0 Å². The van der Waals surface area contributed by atoms with E-state index in [0.717, 1.165) is 37.4 Å². The van der Waals surface area contributed by atoms with Crippen molar-refractivity contribution in [1.29, 1.82) is 0 Å². The van der Waals surface area contributed by atoms with Crippen LogP contribution in [0.3, 0.4) is 0 Å². The molecule has 1 aromatic heterocycles. The van der Waals surface area contributed by atoms with Crippen molar-refractivity contribution in [3.8, 4) is 0 Å². The van der Waals surface area contributed by atoms with E-state index in [-0.39, 0.29) is 12.1 Å². The molecule has 5 nitrogen and oxygen atoms in total. The normalized spacial score (nSPS) is 22.3. The van der Waals surface area contributed by atoms with Crippen molar-refractivity contribution in [1.82, 2.24) is 15.2 Å². The number of aromatic nitrogens is 1. The maximum atomic E-state index is 11.8. The van der Waals surface area contributed by atoms with E-state index in [4.69, 9.17) is 0 Å². The Morgan fingerprint density at radius 3 is 2.77 bits per heavy atom. The van der Waals surface area contributed by atoms with Crippen LogP contribution >= 0.6 is 0 Å². The van der Waals surface area contributed by atoms with E-state index in [1.165, 1.54) is 25.7 Å². The van der Waals surface area contributed by atoms with Crippen molar-refractivity contribution in [3.05, 3.63) is 23.9 Å². The van der Waals surface area contributed by atoms with Gasteiger partial charge in [0.05, 0.1) is 6.54 Å². The molecule has 2 aliphatic rings. The van der Waals surface area contributed by atoms with Gasteiger partial charge in [-0.3, -0.25) is 9.69 Å². The molecule has 1 atom stereocenters. The van der Waals surface area contributed by atoms with Crippen molar-refractivity contribution < 1.29 is 4.79 Å². The maximum absolute atomic E-state index is 11.8. The van der Waals surface area contributed by atoms with E-state index in [0.29, 0.717) is 6.54 Å². The smallest absolute Gasteiger partial charge is 0.235 e. The van der Waals surface area contributed by atoms with E-state index < -0.39 is 0 Å². The SMILES string of the molecule is CCCCCN1CC(=O)N[C@@H]1c1ccc(N2CCCC2)nc1. The van der Waals surface area contributed by atoms with Gasteiger partial charge in [0, 0.05) is 31.4 Å². The Morgan fingerprint density at radius 1 is 1.27 bits per heavy atom. The molecular formula is C17H26N4O. The molecule has 3 heterocycles. The Balaban J connectivity index is 1.66. The van der Waals surface area contributed by atoms with Gasteiger partial charge in [-0.15, -0.1) is 0 Å². The fraction of sp³-hybridized carbons (Fsp3) is 0.647. The van der Waals surface area contributed by atoms with E-state index in [1.807, 2.05) is 6.20 Å². The predicted molar refractivity (Wildman–Crippen MR) is 87.7 cm³/mol. The molecule has 1 N–H and O–H groups in total. The van der Waals surface area contributed by atoms with Gasteiger partial charge in [-0.2, -0.15) is 0 Å². The topological polar surface area (TPSA) is 48.5 Å². The third-order valence-electron chi connectivity index (χ3n) is 4.57. The zero-order chi connectivity index (χ0) is 15.4. The molecule has 0 bridgehead atoms. The van der Waals surface area contributed by atoms with Crippen LogP contribution < -0.4 is 10.2 Å². The van der Waals surface area contributed by atoms with Crippen molar-refractivity contribution >= 4 is 11.7 Å². The first-order valence-corrected chi connectivity index (χ1v) is 8.52. The van der Waals surface area contributed by atoms with Crippen LogP contribution in [0.4, 0.5) is 5.82 Å². The van der Waals surface area contributed by atoms with Gasteiger partial charge in [0.15, 0.2) is 0 Å². The molecule has 0 unspecified atom stereocenters. The summed E-state index contributed by atoms with van der Waals surface area (Å²) in [5.41, 5.74) is 1.09. The third kappa shape index (κ3) is 3.40. The third-order valence-corrected chi connectivity index (χ3v) is 4.57. The monoisotopic (exact) mass is 302 g/mol. The highest BCUT2D eigenvalue weighted by molar-refractivity contribution is 5.80. The highest BCUT2D eigenvalue weighted by atomic mass is 16.2. The number of carbonyl (C=O) groups is 1. The Morgan fingerprint density at radius 2 is 2.09 bits per heavy atom. The minimum atomic E-state index is -0.00974. The van der Waals surface area contributed by atoms with Gasteiger partial charge in [-0.1, -0.05) is 25.8 Å². The molecule has 22 heavy (non-hydrogen) atoms. The lowest BCUT2D eigenvalue weighted by Crippen LogP contribution is -2.29. The summed E-state index contributed by atoms with van der Waals surface area (Å²) in [5.74, 6) is 1.17. The number of pyridine rings is 1. The molecule has 2 aliphatic heterocycles. The highest BCUT2D eigenvalue weighted by Gasteiger charge is 2.30. The number of carbonyl (C=O) groups excluding carboxylic acids is 1. The number of anilines is 1. The maximum Gasteiger partial charge on any atom is 0.235 e. The second kappa shape index (κ2) is 7.09. The minimum absolute atomic E-state index is 0.00974. The van der Waals surface area contributed by atoms with Crippen LogP contribution in [0.15, 0.2) is 18.3 Å². The predicted octanol–water partition coefficient (Wildman–Crippen LogP) is 2.30. The summed E-state index contributed by atoms with van der Waals surface area (Å²) in [4.78, 5) is 20.9. The minimum Gasteiger partial charge on any atom is -0.357 e. The van der Waals surface area contributed by atoms with E-state index >= 15 is 0 Å². The number of rotatable bonds is 6. The quantitative estimate of drug-likeness (QED) is 0.819. The second-order valence-electron chi connectivity index (χ2n) is 6.29. The van der Waals surface area contributed by atoms with Gasteiger partial charge in [-0.05, 0) is 25.3 Å². The Bertz CT molecular complexity index is 496. The molecule has 0 spiro atoms. The van der Waals surface area contributed by atoms with Crippen molar-refractivity contribution in [2.45, 2.75) is 45.2 Å². The number of unbranched alkanes of at least 4 members (excludes halogenated alkanes) is 2. The fourth-order valence-corrected chi connectivity index (χ4v) is 3.32. The molecule has 3 rings (SSSR count). The van der Waals surface area contributed by atoms with E-state index in [1.54, 1.807) is 0 Å². The average molecular weight is 302 g/mol. The molecule has 2 saturated heterocycles. The molecule has 0 aliphatic carbocycles. The Hall–Kier alpha value is -1.62. The first-order chi connectivity index (χ1) is 10.8. The fourth-order valence-electron chi connectivity index (χ4n) is 3.32. The lowest BCUT2D eigenvalue weighted by atomic mass is 10.2. The second-order valence-corrected chi connectivity index (χ2v) is 6.29. The van der Waals surface area contributed by atoms with Gasteiger partial charge in [-0.25, -0.2) is 4.98 Å². The first-order valence-electron chi connectivity index (χ1n) is 8.52. The summed E-state index contributed by atoms with van der Waals surface area (Å²) >= 11 is 0. The number of hydrogen-bond donors (Lipinski definition) is 1. The standard InChI is InChI=1S/C17H26N4O/c1-2-3-4-11-21-13-16(22)19-17(21)14-7-8-15(18-12-14)20-9-5-6-10-20/h7-8,12,17H,2-6,9-11,13H2,1H3,(H,19,22)/t17-/m0/s1. The summed E-state index contributed by atoms with van der Waals surface area (Å²) in [6.45, 7) is 5.88. The van der Waals surface area contributed by atoms with Gasteiger partial charge in [0.2, 0.25) is 5.91 Å². The average Bonchev–Trinajstić information content (AvgIpc) is 3.18. The molecule has 120 valence electrons. The lowest BCUT2D eigenvalue weighted by molar-refractivity contribution is -0.118. The van der Waals surface area contributed by atoms with Crippen LogP contribution in [-0.4, -0.2) is 42.0 Å². The number of amides is 1. The summed E-state index contributed by atoms with van der Waals surface area (Å²) in [5, 5.41) is 3.07. The van der Waals surface area contributed by atoms with Crippen molar-refractivity contribution in [3.63, 3.8) is 0 Å². The molecule has 0 saturated carbocycles. The van der Waals surface area contributed by atoms with Crippen molar-refractivity contribution in [2.75, 3.05) is 31.1 Å². The van der Waals surface area contributed by atoms with Gasteiger partial charge in [0.1, 0.15) is 12.0 Å².